The molecule has 1 aliphatic rings. The zero-order valence-electron chi connectivity index (χ0n) is 15.7. The number of carbonyl (C=O) groups is 2. The van der Waals surface area contributed by atoms with Crippen molar-refractivity contribution in [1.29, 1.82) is 0 Å². The molecule has 28 heavy (non-hydrogen) atoms. The van der Waals surface area contributed by atoms with Crippen molar-refractivity contribution in [2.45, 2.75) is 26.4 Å². The highest BCUT2D eigenvalue weighted by atomic mass is 19.1. The number of amides is 1. The molecule has 5 nitrogen and oxygen atoms in total. The summed E-state index contributed by atoms with van der Waals surface area (Å²) in [6.45, 7) is 7.75. The number of carbonyl (C=O) groups excluding carboxylic acids is 2. The molecule has 3 aromatic rings. The molecule has 1 atom stereocenters. The third-order valence-electron chi connectivity index (χ3n) is 5.56. The summed E-state index contributed by atoms with van der Waals surface area (Å²) in [5.74, 6) is -1.33. The summed E-state index contributed by atoms with van der Waals surface area (Å²) in [6.07, 6.45) is 1.29. The van der Waals surface area contributed by atoms with Crippen LogP contribution in [0, 0.1) is 19.7 Å². The fraction of sp³-hybridized carbons (Fsp3) is 0.182. The van der Waals surface area contributed by atoms with E-state index in [1.54, 1.807) is 0 Å². The van der Waals surface area contributed by atoms with Crippen molar-refractivity contribution in [2.24, 2.45) is 5.73 Å². The number of aryl methyl sites for hydroxylation is 2. The second kappa shape index (κ2) is 6.42. The van der Waals surface area contributed by atoms with Gasteiger partial charge in [0.25, 0.3) is 5.91 Å². The minimum Gasteiger partial charge on any atom is -0.366 e. The molecule has 1 aliphatic heterocycles. The molecule has 1 amide bonds. The number of nitrogens with two attached hydrogens (primary N) is 1. The number of H-pyrrole nitrogens is 1. The minimum atomic E-state index is -0.687. The number of ketones is 1. The van der Waals surface area contributed by atoms with E-state index in [0.717, 1.165) is 22.4 Å². The Kier molecular flexibility index (Phi) is 4.16. The van der Waals surface area contributed by atoms with E-state index in [9.17, 15) is 9.59 Å². The standard InChI is InChI=1S/C22H20FN3O2/c1-4-17(27)20-13-7-5-6-12(15(13)9-25-20)19-16(23)8-14(22(24)28)21-18(19)10(2)11(3)26-21/h4-8,20,25-26H,1,9H2,2-3H3,(H2,24,28). The van der Waals surface area contributed by atoms with Crippen molar-refractivity contribution < 1.29 is 14.0 Å². The van der Waals surface area contributed by atoms with Crippen molar-refractivity contribution in [3.05, 3.63) is 70.7 Å². The number of benzene rings is 2. The summed E-state index contributed by atoms with van der Waals surface area (Å²) < 4.78 is 15.3. The summed E-state index contributed by atoms with van der Waals surface area (Å²) in [7, 11) is 0. The number of hydrogen-bond acceptors (Lipinski definition) is 3. The van der Waals surface area contributed by atoms with Crippen molar-refractivity contribution >= 4 is 22.6 Å². The lowest BCUT2D eigenvalue weighted by atomic mass is 9.90. The van der Waals surface area contributed by atoms with Gasteiger partial charge >= 0.3 is 0 Å². The quantitative estimate of drug-likeness (QED) is 0.607. The van der Waals surface area contributed by atoms with Crippen LogP contribution in [0.15, 0.2) is 36.9 Å². The molecule has 0 aliphatic carbocycles. The summed E-state index contributed by atoms with van der Waals surface area (Å²) >= 11 is 0. The Morgan fingerprint density at radius 2 is 2.07 bits per heavy atom. The third kappa shape index (κ3) is 2.49. The van der Waals surface area contributed by atoms with Gasteiger partial charge in [0.2, 0.25) is 0 Å². The zero-order valence-corrected chi connectivity index (χ0v) is 15.7. The molecule has 2 heterocycles. The van der Waals surface area contributed by atoms with Gasteiger partial charge in [0.05, 0.1) is 17.1 Å². The fourth-order valence-electron chi connectivity index (χ4n) is 4.07. The first-order valence-electron chi connectivity index (χ1n) is 8.98. The highest BCUT2D eigenvalue weighted by Gasteiger charge is 2.30. The molecule has 2 aromatic carbocycles. The Bertz CT molecular complexity index is 1180. The topological polar surface area (TPSA) is 88.0 Å². The summed E-state index contributed by atoms with van der Waals surface area (Å²) in [4.78, 5) is 27.2. The van der Waals surface area contributed by atoms with Crippen LogP contribution in [0.4, 0.5) is 4.39 Å². The molecule has 0 fully saturated rings. The normalized spacial score (nSPS) is 15.6. The van der Waals surface area contributed by atoms with Crippen LogP contribution in [0.2, 0.25) is 0 Å². The predicted octanol–water partition coefficient (Wildman–Crippen LogP) is 3.59. The maximum atomic E-state index is 15.3. The number of nitrogens with one attached hydrogen (secondary N) is 2. The van der Waals surface area contributed by atoms with Crippen LogP contribution < -0.4 is 11.1 Å². The number of fused-ring (bicyclic) bond motifs is 2. The van der Waals surface area contributed by atoms with Gasteiger partial charge in [0.15, 0.2) is 5.78 Å². The highest BCUT2D eigenvalue weighted by Crippen LogP contribution is 2.41. The first-order valence-corrected chi connectivity index (χ1v) is 8.98. The van der Waals surface area contributed by atoms with E-state index in [-0.39, 0.29) is 11.3 Å². The van der Waals surface area contributed by atoms with Crippen molar-refractivity contribution in [3.63, 3.8) is 0 Å². The highest BCUT2D eigenvalue weighted by molar-refractivity contribution is 6.11. The predicted molar refractivity (Wildman–Crippen MR) is 106 cm³/mol. The van der Waals surface area contributed by atoms with Crippen molar-refractivity contribution in [3.8, 4) is 11.1 Å². The molecule has 0 bridgehead atoms. The van der Waals surface area contributed by atoms with Gasteiger partial charge in [-0.05, 0) is 48.2 Å². The number of aromatic nitrogens is 1. The summed E-state index contributed by atoms with van der Waals surface area (Å²) in [5.41, 5.74) is 10.6. The van der Waals surface area contributed by atoms with Gasteiger partial charge in [0.1, 0.15) is 5.82 Å². The average Bonchev–Trinajstić information content (AvgIpc) is 3.23. The first-order chi connectivity index (χ1) is 13.3. The molecule has 142 valence electrons. The third-order valence-corrected chi connectivity index (χ3v) is 5.56. The van der Waals surface area contributed by atoms with E-state index in [0.29, 0.717) is 28.6 Å². The van der Waals surface area contributed by atoms with E-state index in [1.165, 1.54) is 12.1 Å². The minimum absolute atomic E-state index is 0.123. The lowest BCUT2D eigenvalue weighted by molar-refractivity contribution is -0.116. The van der Waals surface area contributed by atoms with E-state index in [1.807, 2.05) is 32.0 Å². The maximum Gasteiger partial charge on any atom is 0.250 e. The molecular formula is C22H20FN3O2. The number of halogens is 1. The van der Waals surface area contributed by atoms with Crippen LogP contribution in [0.5, 0.6) is 0 Å². The Morgan fingerprint density at radius 3 is 2.75 bits per heavy atom. The van der Waals surface area contributed by atoms with Crippen LogP contribution in [0.3, 0.4) is 0 Å². The van der Waals surface area contributed by atoms with Crippen LogP contribution in [-0.2, 0) is 11.3 Å². The van der Waals surface area contributed by atoms with Crippen LogP contribution in [-0.4, -0.2) is 16.7 Å². The molecule has 0 saturated heterocycles. The van der Waals surface area contributed by atoms with Crippen LogP contribution in [0.25, 0.3) is 22.0 Å². The molecule has 0 radical (unpaired) electrons. The smallest absolute Gasteiger partial charge is 0.250 e. The second-order valence-corrected chi connectivity index (χ2v) is 7.06. The van der Waals surface area contributed by atoms with Gasteiger partial charge in [-0.25, -0.2) is 4.39 Å². The molecule has 6 heteroatoms. The molecule has 4 rings (SSSR count). The number of hydrogen-bond donors (Lipinski definition) is 3. The van der Waals surface area contributed by atoms with E-state index in [4.69, 9.17) is 5.73 Å². The van der Waals surface area contributed by atoms with E-state index in [2.05, 4.69) is 16.9 Å². The first kappa shape index (κ1) is 18.1. The summed E-state index contributed by atoms with van der Waals surface area (Å²) in [5, 5.41) is 3.81. The van der Waals surface area contributed by atoms with Gasteiger partial charge in [-0.2, -0.15) is 0 Å². The number of aromatic amines is 1. The molecular weight excluding hydrogens is 357 g/mol. The Balaban J connectivity index is 2.05. The monoisotopic (exact) mass is 377 g/mol. The van der Waals surface area contributed by atoms with Crippen molar-refractivity contribution in [2.75, 3.05) is 0 Å². The largest absolute Gasteiger partial charge is 0.366 e. The molecule has 0 spiro atoms. The number of rotatable bonds is 4. The van der Waals surface area contributed by atoms with Crippen LogP contribution in [0.1, 0.15) is 38.8 Å². The molecule has 1 unspecified atom stereocenters. The maximum absolute atomic E-state index is 15.3. The Hall–Kier alpha value is -3.25. The molecule has 4 N–H and O–H groups in total. The van der Waals surface area contributed by atoms with Gasteiger partial charge in [-0.1, -0.05) is 24.8 Å². The van der Waals surface area contributed by atoms with E-state index >= 15 is 4.39 Å². The zero-order chi connectivity index (χ0) is 20.2. The molecule has 1 aromatic heterocycles. The van der Waals surface area contributed by atoms with Gasteiger partial charge in [0, 0.05) is 23.2 Å². The second-order valence-electron chi connectivity index (χ2n) is 7.06. The average molecular weight is 377 g/mol. The SMILES string of the molecule is C=CC(=O)C1NCc2c(-c3c(F)cc(C(N)=O)c4[nH]c(C)c(C)c34)cccc21. The molecule has 0 saturated carbocycles. The summed E-state index contributed by atoms with van der Waals surface area (Å²) in [6, 6.07) is 6.22. The number of primary amides is 1. The van der Waals surface area contributed by atoms with Gasteiger partial charge in [-0.15, -0.1) is 0 Å². The lowest BCUT2D eigenvalue weighted by Gasteiger charge is -2.14. The van der Waals surface area contributed by atoms with Crippen molar-refractivity contribution in [1.82, 2.24) is 10.3 Å². The lowest BCUT2D eigenvalue weighted by Crippen LogP contribution is -2.19. The Labute approximate surface area is 161 Å². The van der Waals surface area contributed by atoms with Crippen LogP contribution >= 0.6 is 0 Å². The Morgan fingerprint density at radius 1 is 1.32 bits per heavy atom. The fourth-order valence-corrected chi connectivity index (χ4v) is 4.07. The van der Waals surface area contributed by atoms with E-state index < -0.39 is 17.8 Å². The van der Waals surface area contributed by atoms with Gasteiger partial charge in [-0.3, -0.25) is 14.9 Å². The van der Waals surface area contributed by atoms with Gasteiger partial charge < -0.3 is 10.7 Å².